The van der Waals surface area contributed by atoms with Crippen LogP contribution in [-0.4, -0.2) is 103 Å². The van der Waals surface area contributed by atoms with E-state index in [4.69, 9.17) is 9.47 Å². The number of likely N-dealkylation sites (tertiary alicyclic amines) is 1. The number of allylic oxidation sites excluding steroid dienone is 1. The lowest BCUT2D eigenvalue weighted by atomic mass is 9.78. The fourth-order valence-corrected chi connectivity index (χ4v) is 7.49. The third-order valence-corrected chi connectivity index (χ3v) is 9.70. The van der Waals surface area contributed by atoms with Gasteiger partial charge in [0.25, 0.3) is 5.91 Å². The molecule has 250 valence electrons. The zero-order valence-electron chi connectivity index (χ0n) is 26.6. The lowest BCUT2D eigenvalue weighted by Gasteiger charge is -2.38. The van der Waals surface area contributed by atoms with E-state index in [1.54, 1.807) is 40.8 Å². The van der Waals surface area contributed by atoms with Crippen LogP contribution in [0, 0.1) is 11.8 Å². The summed E-state index contributed by atoms with van der Waals surface area (Å²) in [4.78, 5) is 58.9. The maximum Gasteiger partial charge on any atom is 0.313 e. The number of carbonyl (C=O) groups is 4. The second-order valence-corrected chi connectivity index (χ2v) is 12.8. The summed E-state index contributed by atoms with van der Waals surface area (Å²) in [5.41, 5.74) is 0.763. The molecule has 7 atom stereocenters. The molecule has 5 heterocycles. The highest BCUT2D eigenvalue weighted by molar-refractivity contribution is 5.99. The van der Waals surface area contributed by atoms with E-state index in [0.29, 0.717) is 11.9 Å². The van der Waals surface area contributed by atoms with Crippen LogP contribution in [0.15, 0.2) is 78.9 Å². The molecule has 4 aliphatic rings. The second-order valence-electron chi connectivity index (χ2n) is 12.8. The number of fused-ring (bicyclic) bond motifs is 3. The number of carbonyl (C=O) groups excluding carboxylic acids is 4. The quantitative estimate of drug-likeness (QED) is 0.296. The summed E-state index contributed by atoms with van der Waals surface area (Å²) in [7, 11) is 0. The predicted molar refractivity (Wildman–Crippen MR) is 172 cm³/mol. The van der Waals surface area contributed by atoms with Crippen LogP contribution in [-0.2, 0) is 41.7 Å². The van der Waals surface area contributed by atoms with Crippen LogP contribution >= 0.6 is 0 Å². The van der Waals surface area contributed by atoms with Crippen molar-refractivity contribution in [1.82, 2.24) is 30.1 Å². The average Bonchev–Trinajstić information content (AvgIpc) is 3.69. The molecular weight excluding hydrogens is 616 g/mol. The van der Waals surface area contributed by atoms with Crippen LogP contribution < -0.4 is 5.32 Å². The Kier molecular flexibility index (Phi) is 8.56. The van der Waals surface area contributed by atoms with E-state index in [9.17, 15) is 24.3 Å². The highest BCUT2D eigenvalue weighted by atomic mass is 16.6. The van der Waals surface area contributed by atoms with Gasteiger partial charge in [-0.3, -0.25) is 19.2 Å². The number of aromatic nitrogens is 3. The molecular formula is C35H38N6O7. The summed E-state index contributed by atoms with van der Waals surface area (Å²) in [6, 6.07) is 14.9. The van der Waals surface area contributed by atoms with Gasteiger partial charge in [-0.25, -0.2) is 4.68 Å². The molecule has 0 saturated carbocycles. The number of aliphatic hydroxyl groups excluding tert-OH is 1. The molecule has 0 unspecified atom stereocenters. The molecule has 7 rings (SSSR count). The second kappa shape index (κ2) is 13.0. The summed E-state index contributed by atoms with van der Waals surface area (Å²) in [5, 5.41) is 22.1. The van der Waals surface area contributed by atoms with Gasteiger partial charge < -0.3 is 29.7 Å². The zero-order chi connectivity index (χ0) is 33.4. The van der Waals surface area contributed by atoms with Crippen LogP contribution in [0.1, 0.15) is 25.3 Å². The van der Waals surface area contributed by atoms with Gasteiger partial charge in [0.2, 0.25) is 11.8 Å². The number of esters is 1. The van der Waals surface area contributed by atoms with Crippen molar-refractivity contribution in [3.05, 3.63) is 84.5 Å². The number of hydrogen-bond donors (Lipinski definition) is 2. The normalized spacial score (nSPS) is 30.4. The van der Waals surface area contributed by atoms with Gasteiger partial charge in [0.05, 0.1) is 36.7 Å². The van der Waals surface area contributed by atoms with Gasteiger partial charge in [0.1, 0.15) is 35.9 Å². The standard InChI is InChI=1S/C35H38N6O7/c1-22-19-36-28(43)15-8-7-14-27-29(34(46)47-22)30-32(44)41(24(20-42)18-23-10-3-2-4-11-23)31-33(45)39(17-9-16-35(30,31)48-27)21-40-26-13-6-5-12-25(26)37-38-40/h2-7,9-14,16,22,24,27,29-31,42H,8,15,17-21H2,1H3,(H,36,43)/b14-7-/t22-,24-,27-,29+,30+,31-,35+/m1/s1. The Morgan fingerprint density at radius 1 is 1.04 bits per heavy atom. The highest BCUT2D eigenvalue weighted by Gasteiger charge is 2.72. The molecule has 1 aromatic heterocycles. The first-order valence-electron chi connectivity index (χ1n) is 16.3. The van der Waals surface area contributed by atoms with Crippen molar-refractivity contribution >= 4 is 34.7 Å². The van der Waals surface area contributed by atoms with Gasteiger partial charge in [-0.1, -0.05) is 72.0 Å². The van der Waals surface area contributed by atoms with E-state index in [1.807, 2.05) is 54.6 Å². The van der Waals surface area contributed by atoms with Gasteiger partial charge in [-0.05, 0) is 37.5 Å². The fourth-order valence-electron chi connectivity index (χ4n) is 7.49. The van der Waals surface area contributed by atoms with Crippen LogP contribution in [0.2, 0.25) is 0 Å². The van der Waals surface area contributed by atoms with Gasteiger partial charge in [0, 0.05) is 13.0 Å². The maximum absolute atomic E-state index is 14.9. The predicted octanol–water partition coefficient (Wildman–Crippen LogP) is 1.37. The van der Waals surface area contributed by atoms with Crippen molar-refractivity contribution in [3.8, 4) is 0 Å². The first-order chi connectivity index (χ1) is 23.3. The molecule has 2 aromatic carbocycles. The molecule has 13 nitrogen and oxygen atoms in total. The smallest absolute Gasteiger partial charge is 0.313 e. The Balaban J connectivity index is 1.31. The molecule has 3 amide bonds. The first-order valence-corrected chi connectivity index (χ1v) is 16.3. The van der Waals surface area contributed by atoms with E-state index >= 15 is 0 Å². The number of ether oxygens (including phenoxy) is 2. The van der Waals surface area contributed by atoms with Gasteiger partial charge in [0.15, 0.2) is 0 Å². The minimum absolute atomic E-state index is 0.0544. The molecule has 0 radical (unpaired) electrons. The number of para-hydroxylation sites is 1. The van der Waals surface area contributed by atoms with Crippen molar-refractivity contribution in [2.24, 2.45) is 11.8 Å². The lowest BCUT2D eigenvalue weighted by molar-refractivity contribution is -0.159. The molecule has 1 spiro atoms. The van der Waals surface area contributed by atoms with E-state index in [1.165, 1.54) is 4.90 Å². The van der Waals surface area contributed by atoms with Gasteiger partial charge in [-0.2, -0.15) is 0 Å². The minimum Gasteiger partial charge on any atom is -0.460 e. The fraction of sp³-hybridized carbons (Fsp3) is 0.429. The SMILES string of the molecule is C[C@@H]1CNC(=O)CC/C=C\[C@H]2O[C@]34C=CCN(Cn5nnc6ccccc65)C(=O)[C@H]3N([C@@H](CO)Cc3ccccc3)C(=O)[C@@H]4[C@H]2C(=O)O1. The largest absolute Gasteiger partial charge is 0.460 e. The topological polar surface area (TPSA) is 156 Å². The van der Waals surface area contributed by atoms with Crippen molar-refractivity contribution < 1.29 is 33.8 Å². The summed E-state index contributed by atoms with van der Waals surface area (Å²) < 4.78 is 14.2. The van der Waals surface area contributed by atoms with Crippen LogP contribution in [0.4, 0.5) is 0 Å². The molecule has 4 aliphatic heterocycles. The first kappa shape index (κ1) is 31.7. The van der Waals surface area contributed by atoms with E-state index in [-0.39, 0.29) is 38.5 Å². The third-order valence-electron chi connectivity index (χ3n) is 9.70. The number of hydrogen-bond acceptors (Lipinski definition) is 9. The van der Waals surface area contributed by atoms with Crippen molar-refractivity contribution in [2.75, 3.05) is 19.7 Å². The number of nitrogens with zero attached hydrogens (tertiary/aromatic N) is 5. The minimum atomic E-state index is -1.53. The van der Waals surface area contributed by atoms with E-state index in [0.717, 1.165) is 11.1 Å². The molecule has 0 aliphatic carbocycles. The third kappa shape index (κ3) is 5.56. The number of nitrogens with one attached hydrogen (secondary N) is 1. The lowest BCUT2D eigenvalue weighted by Crippen LogP contribution is -2.58. The highest BCUT2D eigenvalue weighted by Crippen LogP contribution is 2.53. The average molecular weight is 655 g/mol. The number of benzene rings is 2. The van der Waals surface area contributed by atoms with Crippen LogP contribution in [0.25, 0.3) is 11.0 Å². The molecule has 13 heteroatoms. The van der Waals surface area contributed by atoms with Gasteiger partial charge in [-0.15, -0.1) is 5.10 Å². The molecule has 48 heavy (non-hydrogen) atoms. The molecule has 2 saturated heterocycles. The Hall–Kier alpha value is -4.88. The monoisotopic (exact) mass is 654 g/mol. The van der Waals surface area contributed by atoms with Crippen LogP contribution in [0.3, 0.4) is 0 Å². The number of rotatable bonds is 6. The molecule has 2 fully saturated rings. The summed E-state index contributed by atoms with van der Waals surface area (Å²) >= 11 is 0. The Bertz CT molecular complexity index is 1770. The number of aliphatic hydroxyl groups is 1. The van der Waals surface area contributed by atoms with Crippen molar-refractivity contribution in [3.63, 3.8) is 0 Å². The van der Waals surface area contributed by atoms with E-state index < -0.39 is 66.1 Å². The maximum atomic E-state index is 14.9. The van der Waals surface area contributed by atoms with Crippen molar-refractivity contribution in [1.29, 1.82) is 0 Å². The zero-order valence-corrected chi connectivity index (χ0v) is 26.6. The Morgan fingerprint density at radius 3 is 2.65 bits per heavy atom. The van der Waals surface area contributed by atoms with Crippen LogP contribution in [0.5, 0.6) is 0 Å². The molecule has 2 N–H and O–H groups in total. The number of cyclic esters (lactones) is 1. The summed E-state index contributed by atoms with van der Waals surface area (Å²) in [6.45, 7) is 1.62. The molecule has 0 bridgehead atoms. The summed E-state index contributed by atoms with van der Waals surface area (Å²) in [5.74, 6) is -3.86. The van der Waals surface area contributed by atoms with Crippen molar-refractivity contribution in [2.45, 2.75) is 62.7 Å². The summed E-state index contributed by atoms with van der Waals surface area (Å²) in [6.07, 6.45) is 6.37. The Morgan fingerprint density at radius 2 is 1.83 bits per heavy atom. The number of amides is 3. The Labute approximate surface area is 277 Å². The van der Waals surface area contributed by atoms with Gasteiger partial charge >= 0.3 is 5.97 Å². The molecule has 3 aromatic rings. The van der Waals surface area contributed by atoms with E-state index in [2.05, 4.69) is 15.6 Å².